The van der Waals surface area contributed by atoms with E-state index in [2.05, 4.69) is 0 Å². The smallest absolute Gasteiger partial charge is 0.313 e. The minimum Gasteiger partial charge on any atom is -0.481 e. The van der Waals surface area contributed by atoms with Gasteiger partial charge in [0.25, 0.3) is 0 Å². The van der Waals surface area contributed by atoms with E-state index in [4.69, 9.17) is 0 Å². The number of benzene rings is 1. The van der Waals surface area contributed by atoms with Crippen LogP contribution in [0, 0.1) is 5.41 Å². The van der Waals surface area contributed by atoms with Crippen LogP contribution in [-0.2, 0) is 21.2 Å². The van der Waals surface area contributed by atoms with Gasteiger partial charge in [0.1, 0.15) is 5.41 Å². The molecular formula is C17H25NO5S. The van der Waals surface area contributed by atoms with Crippen molar-refractivity contribution in [2.75, 3.05) is 13.1 Å². The van der Waals surface area contributed by atoms with Crippen molar-refractivity contribution >= 4 is 16.0 Å². The number of sulfonamides is 1. The van der Waals surface area contributed by atoms with Gasteiger partial charge in [-0.25, -0.2) is 8.42 Å². The van der Waals surface area contributed by atoms with Crippen LogP contribution in [0.5, 0.6) is 0 Å². The van der Waals surface area contributed by atoms with Gasteiger partial charge in [0, 0.05) is 13.1 Å². The van der Waals surface area contributed by atoms with E-state index in [1.54, 1.807) is 24.3 Å². The molecule has 1 unspecified atom stereocenters. The highest BCUT2D eigenvalue weighted by molar-refractivity contribution is 7.89. The molecule has 0 bridgehead atoms. The molecule has 0 amide bonds. The van der Waals surface area contributed by atoms with Crippen molar-refractivity contribution < 1.29 is 23.4 Å². The van der Waals surface area contributed by atoms with Crippen LogP contribution in [-0.4, -0.2) is 48.1 Å². The molecule has 134 valence electrons. The summed E-state index contributed by atoms with van der Waals surface area (Å²) in [6.45, 7) is 3.74. The number of aliphatic carboxylic acids is 1. The van der Waals surface area contributed by atoms with Gasteiger partial charge in [-0.15, -0.1) is 0 Å². The molecule has 0 aromatic heterocycles. The molecule has 1 heterocycles. The highest BCUT2D eigenvalue weighted by Gasteiger charge is 2.50. The number of carbonyl (C=O) groups is 1. The van der Waals surface area contributed by atoms with E-state index >= 15 is 0 Å². The van der Waals surface area contributed by atoms with Crippen molar-refractivity contribution in [1.82, 2.24) is 4.31 Å². The summed E-state index contributed by atoms with van der Waals surface area (Å²) < 4.78 is 26.9. The molecule has 2 atom stereocenters. The second-order valence-electron chi connectivity index (χ2n) is 6.35. The predicted molar refractivity (Wildman–Crippen MR) is 90.2 cm³/mol. The number of aliphatic hydroxyl groups excluding tert-OH is 1. The first-order valence-electron chi connectivity index (χ1n) is 8.28. The summed E-state index contributed by atoms with van der Waals surface area (Å²) in [7, 11) is -3.77. The first kappa shape index (κ1) is 18.9. The van der Waals surface area contributed by atoms with Gasteiger partial charge in [0.05, 0.1) is 11.0 Å². The number of nitrogens with zero attached hydrogens (tertiary/aromatic N) is 1. The molecule has 0 radical (unpaired) electrons. The normalized spacial score (nSPS) is 25.5. The van der Waals surface area contributed by atoms with E-state index in [0.29, 0.717) is 6.42 Å². The second-order valence-corrected chi connectivity index (χ2v) is 8.29. The maximum Gasteiger partial charge on any atom is 0.313 e. The minimum atomic E-state index is -3.77. The summed E-state index contributed by atoms with van der Waals surface area (Å²) in [5, 5.41) is 19.9. The number of carboxylic acid groups (broad SMARTS) is 1. The van der Waals surface area contributed by atoms with Gasteiger partial charge in [0.15, 0.2) is 0 Å². The number of hydrogen-bond donors (Lipinski definition) is 2. The van der Waals surface area contributed by atoms with Gasteiger partial charge in [-0.2, -0.15) is 4.31 Å². The molecular weight excluding hydrogens is 330 g/mol. The summed E-state index contributed by atoms with van der Waals surface area (Å²) in [6, 6.07) is 6.65. The predicted octanol–water partition coefficient (Wildman–Crippen LogP) is 1.88. The Morgan fingerprint density at radius 3 is 2.42 bits per heavy atom. The molecule has 2 rings (SSSR count). The molecule has 24 heavy (non-hydrogen) atoms. The molecule has 2 N–H and O–H groups in total. The number of aryl methyl sites for hydroxylation is 1. The lowest BCUT2D eigenvalue weighted by molar-refractivity contribution is -0.161. The van der Waals surface area contributed by atoms with Crippen molar-refractivity contribution in [2.45, 2.75) is 50.5 Å². The van der Waals surface area contributed by atoms with Crippen LogP contribution >= 0.6 is 0 Å². The van der Waals surface area contributed by atoms with Crippen LogP contribution in [0.25, 0.3) is 0 Å². The third-order valence-corrected chi connectivity index (χ3v) is 6.70. The summed E-state index contributed by atoms with van der Waals surface area (Å²) in [4.78, 5) is 11.9. The number of rotatable bonds is 6. The Balaban J connectivity index is 2.34. The topological polar surface area (TPSA) is 94.9 Å². The maximum atomic E-state index is 12.9. The Labute approximate surface area is 143 Å². The number of hydrogen-bond acceptors (Lipinski definition) is 4. The second kappa shape index (κ2) is 7.21. The molecule has 1 aromatic rings. The van der Waals surface area contributed by atoms with Gasteiger partial charge in [-0.05, 0) is 37.0 Å². The lowest BCUT2D eigenvalue weighted by Crippen LogP contribution is -2.57. The Morgan fingerprint density at radius 2 is 1.92 bits per heavy atom. The lowest BCUT2D eigenvalue weighted by Gasteiger charge is -2.42. The standard InChI is InChI=1S/C17H25NO5S/c1-3-10-17(16(20)21)12-18(11-9-15(17)19)24(22,23)14-7-5-13(4-2)6-8-14/h5-8,15,19H,3-4,9-12H2,1-2H3,(H,20,21)/t15?,17-/m0/s1. The zero-order valence-electron chi connectivity index (χ0n) is 14.1. The Hall–Kier alpha value is -1.44. The van der Waals surface area contributed by atoms with E-state index in [9.17, 15) is 23.4 Å². The largest absolute Gasteiger partial charge is 0.481 e. The number of piperidine rings is 1. The molecule has 6 nitrogen and oxygen atoms in total. The quantitative estimate of drug-likeness (QED) is 0.812. The molecule has 1 aliphatic heterocycles. The van der Waals surface area contributed by atoms with Crippen molar-refractivity contribution in [3.63, 3.8) is 0 Å². The number of aliphatic hydroxyl groups is 1. The fraction of sp³-hybridized carbons (Fsp3) is 0.588. The van der Waals surface area contributed by atoms with Crippen LogP contribution in [0.2, 0.25) is 0 Å². The zero-order chi connectivity index (χ0) is 18.0. The minimum absolute atomic E-state index is 0.123. The van der Waals surface area contributed by atoms with Gasteiger partial charge in [-0.1, -0.05) is 32.4 Å². The molecule has 0 spiro atoms. The van der Waals surface area contributed by atoms with Crippen molar-refractivity contribution in [3.05, 3.63) is 29.8 Å². The zero-order valence-corrected chi connectivity index (χ0v) is 14.9. The van der Waals surface area contributed by atoms with Crippen LogP contribution in [0.3, 0.4) is 0 Å². The fourth-order valence-corrected chi connectivity index (χ4v) is 4.83. The monoisotopic (exact) mass is 355 g/mol. The average Bonchev–Trinajstić information content (AvgIpc) is 2.56. The van der Waals surface area contributed by atoms with Gasteiger partial charge in [-0.3, -0.25) is 4.79 Å². The number of carboxylic acids is 1. The van der Waals surface area contributed by atoms with Crippen molar-refractivity contribution in [2.24, 2.45) is 5.41 Å². The molecule has 0 aliphatic carbocycles. The first-order chi connectivity index (χ1) is 11.3. The Kier molecular flexibility index (Phi) is 5.67. The highest BCUT2D eigenvalue weighted by atomic mass is 32.2. The van der Waals surface area contributed by atoms with E-state index in [-0.39, 0.29) is 30.8 Å². The highest BCUT2D eigenvalue weighted by Crippen LogP contribution is 2.37. The molecule has 1 fully saturated rings. The van der Waals surface area contributed by atoms with Gasteiger partial charge >= 0.3 is 5.97 Å². The SMILES string of the molecule is CCC[C@]1(C(=O)O)CN(S(=O)(=O)c2ccc(CC)cc2)CCC1O. The van der Waals surface area contributed by atoms with E-state index in [1.807, 2.05) is 13.8 Å². The third-order valence-electron chi connectivity index (χ3n) is 4.84. The van der Waals surface area contributed by atoms with E-state index in [1.165, 1.54) is 4.31 Å². The van der Waals surface area contributed by atoms with Gasteiger partial charge < -0.3 is 10.2 Å². The van der Waals surface area contributed by atoms with Crippen molar-refractivity contribution in [1.29, 1.82) is 0 Å². The third kappa shape index (κ3) is 3.34. The first-order valence-corrected chi connectivity index (χ1v) is 9.72. The molecule has 1 saturated heterocycles. The van der Waals surface area contributed by atoms with E-state index < -0.39 is 27.5 Å². The molecule has 1 aromatic carbocycles. The molecule has 1 aliphatic rings. The Bertz CT molecular complexity index is 685. The maximum absolute atomic E-state index is 12.9. The fourth-order valence-electron chi connectivity index (χ4n) is 3.30. The summed E-state index contributed by atoms with van der Waals surface area (Å²) in [5.41, 5.74) is -0.405. The summed E-state index contributed by atoms with van der Waals surface area (Å²) >= 11 is 0. The summed E-state index contributed by atoms with van der Waals surface area (Å²) in [5.74, 6) is -1.14. The molecule has 7 heteroatoms. The summed E-state index contributed by atoms with van der Waals surface area (Å²) in [6.07, 6.45) is 0.698. The van der Waals surface area contributed by atoms with Crippen LogP contribution < -0.4 is 0 Å². The van der Waals surface area contributed by atoms with Crippen molar-refractivity contribution in [3.8, 4) is 0 Å². The van der Waals surface area contributed by atoms with Crippen LogP contribution in [0.4, 0.5) is 0 Å². The van der Waals surface area contributed by atoms with Crippen LogP contribution in [0.1, 0.15) is 38.7 Å². The van der Waals surface area contributed by atoms with E-state index in [0.717, 1.165) is 12.0 Å². The Morgan fingerprint density at radius 1 is 1.29 bits per heavy atom. The molecule has 0 saturated carbocycles. The average molecular weight is 355 g/mol. The van der Waals surface area contributed by atoms with Crippen LogP contribution in [0.15, 0.2) is 29.2 Å². The van der Waals surface area contributed by atoms with Gasteiger partial charge in [0.2, 0.25) is 10.0 Å². The lowest BCUT2D eigenvalue weighted by atomic mass is 9.74.